The summed E-state index contributed by atoms with van der Waals surface area (Å²) in [6.45, 7) is -0.168. The van der Waals surface area contributed by atoms with Crippen molar-refractivity contribution in [2.75, 3.05) is 56.8 Å². The van der Waals surface area contributed by atoms with Crippen molar-refractivity contribution < 1.29 is 39.5 Å². The molecule has 3 atom stereocenters. The molecule has 1 aromatic carbocycles. The Hall–Kier alpha value is -4.51. The number of likely N-dealkylation sites (N-methyl/N-ethyl adjacent to an activating group) is 1. The number of carbonyl (C=O) groups excluding carboxylic acids is 2. The van der Waals surface area contributed by atoms with E-state index in [1.165, 1.54) is 0 Å². The number of esters is 1. The van der Waals surface area contributed by atoms with Gasteiger partial charge in [0.05, 0.1) is 37.1 Å². The van der Waals surface area contributed by atoms with Crippen molar-refractivity contribution in [1.82, 2.24) is 24.8 Å². The van der Waals surface area contributed by atoms with Crippen molar-refractivity contribution in [2.24, 2.45) is 5.92 Å². The third-order valence-electron chi connectivity index (χ3n) is 6.70. The van der Waals surface area contributed by atoms with Gasteiger partial charge in [0.1, 0.15) is 12.7 Å². The number of ketones is 1. The monoisotopic (exact) mass is 614 g/mol. The second-order valence-electron chi connectivity index (χ2n) is 10.5. The molecular formula is C28H38N8O8. The zero-order chi connectivity index (χ0) is 32.4. The van der Waals surface area contributed by atoms with Gasteiger partial charge in [-0.3, -0.25) is 14.4 Å². The van der Waals surface area contributed by atoms with Crippen molar-refractivity contribution in [2.45, 2.75) is 38.0 Å². The highest BCUT2D eigenvalue weighted by atomic mass is 16.5. The highest BCUT2D eigenvalue weighted by Gasteiger charge is 2.24. The van der Waals surface area contributed by atoms with Crippen molar-refractivity contribution in [3.63, 3.8) is 0 Å². The zero-order valence-electron chi connectivity index (χ0n) is 24.5. The van der Waals surface area contributed by atoms with E-state index in [0.717, 1.165) is 5.69 Å². The minimum Gasteiger partial charge on any atom is -0.481 e. The van der Waals surface area contributed by atoms with Crippen LogP contribution in [0.3, 0.4) is 0 Å². The Labute approximate surface area is 253 Å². The molecule has 0 bridgehead atoms. The molecule has 16 heteroatoms. The molecule has 16 nitrogen and oxygen atoms in total. The summed E-state index contributed by atoms with van der Waals surface area (Å²) < 4.78 is 5.03. The van der Waals surface area contributed by atoms with Gasteiger partial charge in [-0.2, -0.15) is 9.97 Å². The molecule has 0 fully saturated rings. The molecule has 44 heavy (non-hydrogen) atoms. The summed E-state index contributed by atoms with van der Waals surface area (Å²) in [5.74, 6) is -3.28. The molecule has 0 spiro atoms. The van der Waals surface area contributed by atoms with Gasteiger partial charge in [0.25, 0.3) is 0 Å². The second-order valence-corrected chi connectivity index (χ2v) is 10.5. The van der Waals surface area contributed by atoms with Crippen LogP contribution in [-0.4, -0.2) is 116 Å². The second kappa shape index (κ2) is 15.8. The third kappa shape index (κ3) is 10.0. The van der Waals surface area contributed by atoms with E-state index < -0.39 is 42.5 Å². The summed E-state index contributed by atoms with van der Waals surface area (Å²) in [6.07, 6.45) is -1.12. The van der Waals surface area contributed by atoms with Crippen molar-refractivity contribution in [1.29, 1.82) is 0 Å². The van der Waals surface area contributed by atoms with Crippen molar-refractivity contribution in [3.05, 3.63) is 41.7 Å². The van der Waals surface area contributed by atoms with Gasteiger partial charge in [-0.15, -0.1) is 0 Å². The molecule has 3 aromatic rings. The lowest BCUT2D eigenvalue weighted by atomic mass is 9.94. The number of aliphatic hydroxyl groups excluding tert-OH is 3. The molecule has 0 aliphatic carbocycles. The lowest BCUT2D eigenvalue weighted by molar-refractivity contribution is -0.148. The maximum absolute atomic E-state index is 12.9. The van der Waals surface area contributed by atoms with E-state index in [-0.39, 0.29) is 56.4 Å². The first kappa shape index (κ1) is 34.0. The molecule has 2 aromatic heterocycles. The number of hydrogen-bond donors (Lipinski definition) is 6. The average molecular weight is 615 g/mol. The van der Waals surface area contributed by atoms with Crippen molar-refractivity contribution >= 4 is 46.3 Å². The van der Waals surface area contributed by atoms with E-state index in [2.05, 4.69) is 19.9 Å². The van der Waals surface area contributed by atoms with Crippen LogP contribution in [0.2, 0.25) is 0 Å². The summed E-state index contributed by atoms with van der Waals surface area (Å²) in [4.78, 5) is 56.9. The number of Topliss-reactive ketones (excluding diaryl/α,β-unsaturated/α-hetero) is 1. The third-order valence-corrected chi connectivity index (χ3v) is 6.70. The van der Waals surface area contributed by atoms with Gasteiger partial charge in [0.2, 0.25) is 5.95 Å². The number of aromatic nitrogens is 4. The first-order valence-electron chi connectivity index (χ1n) is 13.8. The fourth-order valence-corrected chi connectivity index (χ4v) is 4.41. The number of carboxylic acid groups (broad SMARTS) is 1. The molecule has 0 aliphatic heterocycles. The number of carboxylic acids is 1. The normalized spacial score (nSPS) is 13.4. The number of ether oxygens (including phenoxy) is 1. The van der Waals surface area contributed by atoms with Gasteiger partial charge < -0.3 is 46.4 Å². The Kier molecular flexibility index (Phi) is 12.2. The van der Waals surface area contributed by atoms with Crippen LogP contribution in [0.1, 0.15) is 35.3 Å². The number of aliphatic hydroxyl groups is 3. The number of carbonyl (C=O) groups is 3. The molecule has 238 valence electrons. The summed E-state index contributed by atoms with van der Waals surface area (Å²) in [5.41, 5.74) is 13.8. The quantitative estimate of drug-likeness (QED) is 0.0825. The highest BCUT2D eigenvalue weighted by molar-refractivity contribution is 5.98. The van der Waals surface area contributed by atoms with Crippen LogP contribution in [0.25, 0.3) is 11.2 Å². The molecule has 2 unspecified atom stereocenters. The van der Waals surface area contributed by atoms with E-state index in [1.54, 1.807) is 42.4 Å². The maximum Gasteiger partial charge on any atom is 0.306 e. The molecule has 0 radical (unpaired) electrons. The Bertz CT molecular complexity index is 1440. The van der Waals surface area contributed by atoms with Gasteiger partial charge in [-0.1, -0.05) is 0 Å². The molecule has 3 rings (SSSR count). The summed E-state index contributed by atoms with van der Waals surface area (Å²) >= 11 is 0. The number of anilines is 3. The van der Waals surface area contributed by atoms with E-state index in [0.29, 0.717) is 23.3 Å². The lowest BCUT2D eigenvalue weighted by Crippen LogP contribution is -2.38. The average Bonchev–Trinajstić information content (AvgIpc) is 2.98. The van der Waals surface area contributed by atoms with E-state index in [9.17, 15) is 29.7 Å². The summed E-state index contributed by atoms with van der Waals surface area (Å²) in [5, 5.41) is 38.0. The van der Waals surface area contributed by atoms with Crippen LogP contribution in [0.4, 0.5) is 17.5 Å². The van der Waals surface area contributed by atoms with E-state index in [4.69, 9.17) is 21.3 Å². The van der Waals surface area contributed by atoms with Crippen molar-refractivity contribution in [3.8, 4) is 0 Å². The Morgan fingerprint density at radius 1 is 1.00 bits per heavy atom. The summed E-state index contributed by atoms with van der Waals surface area (Å²) in [7, 11) is 3.44. The van der Waals surface area contributed by atoms with Crippen LogP contribution in [-0.2, 0) is 20.9 Å². The number of nitrogens with two attached hydrogens (primary N) is 2. The first-order valence-corrected chi connectivity index (χ1v) is 13.8. The van der Waals surface area contributed by atoms with Crippen LogP contribution in [0.15, 0.2) is 30.5 Å². The molecule has 2 heterocycles. The Balaban J connectivity index is 1.49. The first-order chi connectivity index (χ1) is 20.9. The van der Waals surface area contributed by atoms with Crippen LogP contribution in [0.5, 0.6) is 0 Å². The summed E-state index contributed by atoms with van der Waals surface area (Å²) in [6, 6.07) is 6.64. The van der Waals surface area contributed by atoms with E-state index in [1.807, 2.05) is 11.9 Å². The molecule has 0 amide bonds. The predicted octanol–water partition coefficient (Wildman–Crippen LogP) is -0.536. The van der Waals surface area contributed by atoms with Gasteiger partial charge in [0.15, 0.2) is 22.8 Å². The van der Waals surface area contributed by atoms with Crippen LogP contribution in [0, 0.1) is 5.92 Å². The molecule has 0 saturated carbocycles. The van der Waals surface area contributed by atoms with E-state index >= 15 is 0 Å². The highest BCUT2D eigenvalue weighted by Crippen LogP contribution is 2.21. The molecule has 8 N–H and O–H groups in total. The zero-order valence-corrected chi connectivity index (χ0v) is 24.5. The smallest absolute Gasteiger partial charge is 0.306 e. The fraction of sp³-hybridized carbons (Fsp3) is 0.464. The van der Waals surface area contributed by atoms with Gasteiger partial charge >= 0.3 is 11.9 Å². The number of nitrogen functional groups attached to an aromatic ring is 2. The number of fused-ring (bicyclic) bond motifs is 1. The number of benzene rings is 1. The van der Waals surface area contributed by atoms with Gasteiger partial charge in [-0.05, 0) is 37.7 Å². The predicted molar refractivity (Wildman–Crippen MR) is 159 cm³/mol. The maximum atomic E-state index is 12.9. The minimum absolute atomic E-state index is 0.00585. The Morgan fingerprint density at radius 3 is 2.34 bits per heavy atom. The molecule has 0 saturated heterocycles. The largest absolute Gasteiger partial charge is 0.481 e. The van der Waals surface area contributed by atoms with Crippen LogP contribution < -0.4 is 16.4 Å². The minimum atomic E-state index is -1.21. The number of aliphatic carboxylic acids is 1. The van der Waals surface area contributed by atoms with Gasteiger partial charge in [0, 0.05) is 44.2 Å². The fourth-order valence-electron chi connectivity index (χ4n) is 4.41. The number of rotatable bonds is 17. The number of nitrogens with zero attached hydrogens (tertiary/aromatic N) is 6. The van der Waals surface area contributed by atoms with Gasteiger partial charge in [-0.25, -0.2) is 9.97 Å². The standard InChI is InChI=1S/C28H38N8O8/c1-35(12-20(38)14-37)13-21(39)15-44-23(41)8-5-17(27(42)43)9-22(40)16-3-6-19(7-4-16)36(2)11-18-10-31-26-24(32-18)25(29)33-28(30)34-26/h3-4,6-7,10,17,20-21,37-39H,5,8-9,11-15H2,1-2H3,(H,42,43)(H4,29,30,31,33,34)/t17-,20?,21?/m1/s1. The Morgan fingerprint density at radius 2 is 1.68 bits per heavy atom. The number of hydrogen-bond acceptors (Lipinski definition) is 15. The molecule has 0 aliphatic rings. The van der Waals surface area contributed by atoms with Crippen LogP contribution >= 0.6 is 0 Å². The molecular weight excluding hydrogens is 576 g/mol. The SMILES string of the molecule is CN(CC(O)CO)CC(O)COC(=O)CC[C@H](CC(=O)c1ccc(N(C)Cc2cnc3nc(N)nc(N)c3n2)cc1)C(=O)O. The lowest BCUT2D eigenvalue weighted by Gasteiger charge is -2.22. The topological polar surface area (TPSA) is 251 Å².